The van der Waals surface area contributed by atoms with Crippen LogP contribution in [0.1, 0.15) is 29.6 Å². The highest BCUT2D eigenvalue weighted by Gasteiger charge is 2.51. The summed E-state index contributed by atoms with van der Waals surface area (Å²) in [5, 5.41) is 2.80. The number of amides is 2. The van der Waals surface area contributed by atoms with E-state index in [4.69, 9.17) is 24.7 Å². The van der Waals surface area contributed by atoms with Gasteiger partial charge in [0.2, 0.25) is 5.91 Å². The van der Waals surface area contributed by atoms with E-state index in [2.05, 4.69) is 5.32 Å². The smallest absolute Gasteiger partial charge is 0.255 e. The van der Waals surface area contributed by atoms with E-state index in [9.17, 15) is 18.0 Å². The van der Waals surface area contributed by atoms with Crippen LogP contribution in [0.15, 0.2) is 47.4 Å². The number of hydrogen-bond donors (Lipinski definition) is 2. The summed E-state index contributed by atoms with van der Waals surface area (Å²) in [5.74, 6) is 0.313. The first-order valence-electron chi connectivity index (χ1n) is 11.1. The fraction of sp³-hybridized carbons (Fsp3) is 0.417. The summed E-state index contributed by atoms with van der Waals surface area (Å²) >= 11 is 0. The Balaban J connectivity index is 1.52. The van der Waals surface area contributed by atoms with E-state index in [1.165, 1.54) is 38.5 Å². The fourth-order valence-electron chi connectivity index (χ4n) is 3.83. The predicted molar refractivity (Wildman–Crippen MR) is 128 cm³/mol. The molecule has 1 saturated heterocycles. The van der Waals surface area contributed by atoms with Crippen LogP contribution >= 0.6 is 0 Å². The van der Waals surface area contributed by atoms with Crippen LogP contribution < -0.4 is 25.3 Å². The van der Waals surface area contributed by atoms with Crippen molar-refractivity contribution in [1.29, 1.82) is 0 Å². The Morgan fingerprint density at radius 2 is 1.69 bits per heavy atom. The summed E-state index contributed by atoms with van der Waals surface area (Å²) in [5.41, 5.74) is 5.89. The summed E-state index contributed by atoms with van der Waals surface area (Å²) in [6, 6.07) is 10.8. The maximum atomic E-state index is 13.2. The van der Waals surface area contributed by atoms with Crippen LogP contribution in [0.3, 0.4) is 0 Å². The normalized spacial score (nSPS) is 15.1. The van der Waals surface area contributed by atoms with Crippen molar-refractivity contribution in [3.63, 3.8) is 0 Å². The second-order valence-electron chi connectivity index (χ2n) is 7.97. The second kappa shape index (κ2) is 11.4. The Hall–Kier alpha value is -3.31. The first kappa shape index (κ1) is 26.3. The Kier molecular flexibility index (Phi) is 8.57. The molecule has 3 N–H and O–H groups in total. The van der Waals surface area contributed by atoms with Gasteiger partial charge in [-0.15, -0.1) is 0 Å². The molecule has 11 heteroatoms. The van der Waals surface area contributed by atoms with Crippen molar-refractivity contribution < 1.29 is 37.0 Å². The number of nitrogens with one attached hydrogen (secondary N) is 1. The zero-order chi connectivity index (χ0) is 25.5. The van der Waals surface area contributed by atoms with Crippen LogP contribution in [-0.2, 0) is 19.4 Å². The van der Waals surface area contributed by atoms with E-state index >= 15 is 0 Å². The fourth-order valence-corrected chi connectivity index (χ4v) is 5.75. The van der Waals surface area contributed by atoms with Gasteiger partial charge in [0, 0.05) is 25.8 Å². The van der Waals surface area contributed by atoms with E-state index in [0.717, 1.165) is 0 Å². The van der Waals surface area contributed by atoms with Gasteiger partial charge in [-0.05, 0) is 55.7 Å². The largest absolute Gasteiger partial charge is 0.497 e. The van der Waals surface area contributed by atoms with Crippen LogP contribution in [0.2, 0.25) is 0 Å². The topological polar surface area (TPSA) is 143 Å². The molecule has 0 radical (unpaired) electrons. The number of ether oxygens (including phenoxy) is 4. The van der Waals surface area contributed by atoms with Gasteiger partial charge in [-0.2, -0.15) is 0 Å². The first-order valence-corrected chi connectivity index (χ1v) is 12.6. The number of sulfone groups is 1. The zero-order valence-corrected chi connectivity index (χ0v) is 20.6. The van der Waals surface area contributed by atoms with Gasteiger partial charge >= 0.3 is 0 Å². The summed E-state index contributed by atoms with van der Waals surface area (Å²) in [7, 11) is -0.979. The average Bonchev–Trinajstić information content (AvgIpc) is 2.88. The number of primary amides is 1. The summed E-state index contributed by atoms with van der Waals surface area (Å²) in [4.78, 5) is 24.5. The third kappa shape index (κ3) is 5.68. The van der Waals surface area contributed by atoms with Gasteiger partial charge in [0.25, 0.3) is 5.91 Å². The van der Waals surface area contributed by atoms with Crippen molar-refractivity contribution in [2.45, 2.75) is 28.9 Å². The van der Waals surface area contributed by atoms with Crippen LogP contribution in [0, 0.1) is 0 Å². The number of carbonyl (C=O) groups is 2. The SMILES string of the molecule is COc1ccc(C(=O)NCCCOc2ccc(S(=O)(=O)C3(C(N)=O)CCOCC3)cc2)c(OC)c1. The monoisotopic (exact) mass is 506 g/mol. The molecule has 10 nitrogen and oxygen atoms in total. The van der Waals surface area contributed by atoms with E-state index in [0.29, 0.717) is 42.4 Å². The third-order valence-corrected chi connectivity index (χ3v) is 8.46. The predicted octanol–water partition coefficient (Wildman–Crippen LogP) is 1.71. The molecular formula is C24H30N2O8S. The zero-order valence-electron chi connectivity index (χ0n) is 19.7. The Bertz CT molecular complexity index is 1140. The lowest BCUT2D eigenvalue weighted by atomic mass is 9.98. The lowest BCUT2D eigenvalue weighted by Gasteiger charge is -2.33. The Labute approximate surface area is 204 Å². The average molecular weight is 507 g/mol. The second-order valence-corrected chi connectivity index (χ2v) is 10.2. The molecule has 3 rings (SSSR count). The maximum absolute atomic E-state index is 13.2. The van der Waals surface area contributed by atoms with Gasteiger partial charge in [0.1, 0.15) is 17.2 Å². The molecule has 0 aromatic heterocycles. The summed E-state index contributed by atoms with van der Waals surface area (Å²) in [6.45, 7) is 0.981. The van der Waals surface area contributed by atoms with Crippen molar-refractivity contribution in [3.8, 4) is 17.2 Å². The Morgan fingerprint density at radius 3 is 2.29 bits per heavy atom. The molecule has 0 bridgehead atoms. The molecule has 0 atom stereocenters. The summed E-state index contributed by atoms with van der Waals surface area (Å²) < 4.78 is 45.9. The molecule has 0 saturated carbocycles. The van der Waals surface area contributed by atoms with Gasteiger partial charge < -0.3 is 30.0 Å². The van der Waals surface area contributed by atoms with Gasteiger partial charge in [0.15, 0.2) is 14.6 Å². The minimum atomic E-state index is -3.99. The molecule has 1 aliphatic rings. The molecule has 0 aliphatic carbocycles. The van der Waals surface area contributed by atoms with Crippen LogP contribution in [-0.4, -0.2) is 65.6 Å². The molecule has 1 fully saturated rings. The molecule has 35 heavy (non-hydrogen) atoms. The third-order valence-electron chi connectivity index (χ3n) is 5.93. The Morgan fingerprint density at radius 1 is 1.03 bits per heavy atom. The molecule has 1 aliphatic heterocycles. The van der Waals surface area contributed by atoms with Gasteiger partial charge in [-0.1, -0.05) is 0 Å². The molecular weight excluding hydrogens is 476 g/mol. The quantitative estimate of drug-likeness (QED) is 0.439. The van der Waals surface area contributed by atoms with Gasteiger partial charge in [0.05, 0.1) is 31.3 Å². The van der Waals surface area contributed by atoms with Gasteiger partial charge in [-0.25, -0.2) is 8.42 Å². The molecule has 190 valence electrons. The number of methoxy groups -OCH3 is 2. The molecule has 2 aromatic carbocycles. The number of hydrogen-bond acceptors (Lipinski definition) is 8. The lowest BCUT2D eigenvalue weighted by molar-refractivity contribution is -0.122. The van der Waals surface area contributed by atoms with Crippen molar-refractivity contribution in [1.82, 2.24) is 5.32 Å². The van der Waals surface area contributed by atoms with Crippen molar-refractivity contribution in [2.75, 3.05) is 40.6 Å². The van der Waals surface area contributed by atoms with Crippen LogP contribution in [0.5, 0.6) is 17.2 Å². The summed E-state index contributed by atoms with van der Waals surface area (Å²) in [6.07, 6.45) is 0.573. The highest BCUT2D eigenvalue weighted by molar-refractivity contribution is 7.93. The first-order chi connectivity index (χ1) is 16.7. The van der Waals surface area contributed by atoms with Crippen molar-refractivity contribution in [3.05, 3.63) is 48.0 Å². The minimum Gasteiger partial charge on any atom is -0.497 e. The minimum absolute atomic E-state index is 0.00579. The van der Waals surface area contributed by atoms with Crippen LogP contribution in [0.4, 0.5) is 0 Å². The molecule has 0 spiro atoms. The number of rotatable bonds is 11. The highest BCUT2D eigenvalue weighted by Crippen LogP contribution is 2.35. The van der Waals surface area contributed by atoms with Crippen LogP contribution in [0.25, 0.3) is 0 Å². The maximum Gasteiger partial charge on any atom is 0.255 e. The number of nitrogens with two attached hydrogens (primary N) is 1. The molecule has 2 aromatic rings. The van der Waals surface area contributed by atoms with E-state index in [-0.39, 0.29) is 36.9 Å². The van der Waals surface area contributed by atoms with E-state index in [1.54, 1.807) is 18.2 Å². The van der Waals surface area contributed by atoms with Gasteiger partial charge in [-0.3, -0.25) is 9.59 Å². The number of benzene rings is 2. The number of carbonyl (C=O) groups excluding carboxylic acids is 2. The highest BCUT2D eigenvalue weighted by atomic mass is 32.2. The van der Waals surface area contributed by atoms with E-state index in [1.807, 2.05) is 0 Å². The van der Waals surface area contributed by atoms with Crippen molar-refractivity contribution >= 4 is 21.7 Å². The lowest BCUT2D eigenvalue weighted by Crippen LogP contribution is -2.53. The standard InChI is InChI=1S/C24H30N2O8S/c1-31-18-6-9-20(21(16-18)32-2)22(27)26-12-3-13-34-17-4-7-19(8-5-17)35(29,30)24(23(25)28)10-14-33-15-11-24/h4-9,16H,3,10-15H2,1-2H3,(H2,25,28)(H,26,27). The van der Waals surface area contributed by atoms with Crippen molar-refractivity contribution in [2.24, 2.45) is 5.73 Å². The molecule has 1 heterocycles. The van der Waals surface area contributed by atoms with E-state index < -0.39 is 20.5 Å². The molecule has 2 amide bonds. The molecule has 0 unspecified atom stereocenters.